The summed E-state index contributed by atoms with van der Waals surface area (Å²) in [6.45, 7) is 2.23. The van der Waals surface area contributed by atoms with Gasteiger partial charge in [-0.05, 0) is 38.0 Å². The van der Waals surface area contributed by atoms with Crippen molar-refractivity contribution in [1.29, 1.82) is 0 Å². The first-order valence-corrected chi connectivity index (χ1v) is 7.80. The van der Waals surface area contributed by atoms with Crippen molar-refractivity contribution < 1.29 is 9.59 Å². The monoisotopic (exact) mass is 333 g/mol. The van der Waals surface area contributed by atoms with Crippen LogP contribution in [0.1, 0.15) is 24.7 Å². The maximum atomic E-state index is 12.8. The summed E-state index contributed by atoms with van der Waals surface area (Å²) in [6, 6.07) is 4.50. The third kappa shape index (κ3) is 2.92. The van der Waals surface area contributed by atoms with E-state index in [0.717, 1.165) is 0 Å². The Hall–Kier alpha value is -2.05. The molecular formula is C16H16ClN3O3. The molecule has 1 N–H and O–H groups in total. The molecule has 0 amide bonds. The summed E-state index contributed by atoms with van der Waals surface area (Å²) < 4.78 is 1.65. The number of aryl methyl sites for hydroxylation is 1. The maximum Gasteiger partial charge on any atom is 0.261 e. The first-order chi connectivity index (χ1) is 11.0. The van der Waals surface area contributed by atoms with Crippen LogP contribution >= 0.6 is 11.6 Å². The Kier molecular flexibility index (Phi) is 4.28. The number of aromatic nitrogens is 2. The number of hydrogen-bond acceptors (Lipinski definition) is 5. The van der Waals surface area contributed by atoms with Gasteiger partial charge in [-0.1, -0.05) is 11.6 Å². The van der Waals surface area contributed by atoms with E-state index in [2.05, 4.69) is 10.3 Å². The molecular weight excluding hydrogens is 318 g/mol. The fraction of sp³-hybridized carbons (Fsp3) is 0.375. The van der Waals surface area contributed by atoms with E-state index in [1.807, 2.05) is 0 Å². The van der Waals surface area contributed by atoms with Gasteiger partial charge in [-0.2, -0.15) is 0 Å². The van der Waals surface area contributed by atoms with Crippen LogP contribution in [0.4, 0.5) is 0 Å². The molecule has 2 aromatic rings. The minimum absolute atomic E-state index is 0.103. The number of benzene rings is 1. The van der Waals surface area contributed by atoms with Crippen LogP contribution in [-0.4, -0.2) is 34.2 Å². The standard InChI is InChI=1S/C16H16ClN3O3/c1-9-19-13-4-2-10(17)6-12(13)16(23)20(9)11-3-5-14(18-7-11)15(22)8-21/h2,4,6,8,11,14,18H,3,5,7H2,1H3. The molecule has 3 rings (SSSR count). The number of fused-ring (bicyclic) bond motifs is 1. The van der Waals surface area contributed by atoms with Gasteiger partial charge in [0.25, 0.3) is 5.56 Å². The highest BCUT2D eigenvalue weighted by atomic mass is 35.5. The van der Waals surface area contributed by atoms with E-state index < -0.39 is 11.8 Å². The Morgan fingerprint density at radius 2 is 2.22 bits per heavy atom. The number of carbonyl (C=O) groups is 2. The normalized spacial score (nSPS) is 21.3. The average molecular weight is 334 g/mol. The van der Waals surface area contributed by atoms with E-state index in [4.69, 9.17) is 11.6 Å². The SMILES string of the molecule is Cc1nc2ccc(Cl)cc2c(=O)n1C1CCC(C(=O)C=O)NC1. The highest BCUT2D eigenvalue weighted by Crippen LogP contribution is 2.22. The zero-order chi connectivity index (χ0) is 16.6. The number of ketones is 1. The van der Waals surface area contributed by atoms with Gasteiger partial charge in [-0.3, -0.25) is 19.0 Å². The van der Waals surface area contributed by atoms with Crippen molar-refractivity contribution in [3.63, 3.8) is 0 Å². The second-order valence-electron chi connectivity index (χ2n) is 5.71. The van der Waals surface area contributed by atoms with Gasteiger partial charge in [0.15, 0.2) is 6.29 Å². The van der Waals surface area contributed by atoms with Gasteiger partial charge in [-0.15, -0.1) is 0 Å². The number of halogens is 1. The third-order valence-electron chi connectivity index (χ3n) is 4.25. The van der Waals surface area contributed by atoms with Crippen LogP contribution in [-0.2, 0) is 9.59 Å². The Morgan fingerprint density at radius 1 is 1.43 bits per heavy atom. The molecule has 6 nitrogen and oxygen atoms in total. The van der Waals surface area contributed by atoms with Crippen LogP contribution in [0, 0.1) is 6.92 Å². The highest BCUT2D eigenvalue weighted by Gasteiger charge is 2.27. The summed E-state index contributed by atoms with van der Waals surface area (Å²) in [5.41, 5.74) is 0.480. The quantitative estimate of drug-likeness (QED) is 0.678. The average Bonchev–Trinajstić information content (AvgIpc) is 2.55. The van der Waals surface area contributed by atoms with Crippen molar-refractivity contribution in [3.05, 3.63) is 39.4 Å². The second-order valence-corrected chi connectivity index (χ2v) is 6.14. The van der Waals surface area contributed by atoms with Crippen molar-refractivity contribution in [2.24, 2.45) is 0 Å². The topological polar surface area (TPSA) is 81.1 Å². The number of aldehydes is 1. The van der Waals surface area contributed by atoms with Crippen LogP contribution in [0.15, 0.2) is 23.0 Å². The number of nitrogens with zero attached hydrogens (tertiary/aromatic N) is 2. The Balaban J connectivity index is 1.96. The molecule has 2 unspecified atom stereocenters. The lowest BCUT2D eigenvalue weighted by atomic mass is 9.97. The first-order valence-electron chi connectivity index (χ1n) is 7.42. The lowest BCUT2D eigenvalue weighted by molar-refractivity contribution is -0.131. The van der Waals surface area contributed by atoms with Crippen LogP contribution < -0.4 is 10.9 Å². The molecule has 1 aromatic heterocycles. The van der Waals surface area contributed by atoms with E-state index in [9.17, 15) is 14.4 Å². The minimum Gasteiger partial charge on any atom is -0.305 e. The number of nitrogens with one attached hydrogen (secondary N) is 1. The number of hydrogen-bond donors (Lipinski definition) is 1. The zero-order valence-corrected chi connectivity index (χ0v) is 13.3. The lowest BCUT2D eigenvalue weighted by Gasteiger charge is -2.30. The number of piperidine rings is 1. The van der Waals surface area contributed by atoms with Crippen LogP contribution in [0.5, 0.6) is 0 Å². The van der Waals surface area contributed by atoms with Gasteiger partial charge < -0.3 is 5.32 Å². The highest BCUT2D eigenvalue weighted by molar-refractivity contribution is 6.31. The van der Waals surface area contributed by atoms with E-state index in [1.54, 1.807) is 29.7 Å². The Labute approximate surface area is 137 Å². The minimum atomic E-state index is -0.456. The molecule has 23 heavy (non-hydrogen) atoms. The molecule has 2 heterocycles. The van der Waals surface area contributed by atoms with E-state index in [0.29, 0.717) is 47.4 Å². The molecule has 0 spiro atoms. The first kappa shape index (κ1) is 15.8. The molecule has 1 aromatic carbocycles. The van der Waals surface area contributed by atoms with E-state index in [-0.39, 0.29) is 11.6 Å². The molecule has 0 aliphatic carbocycles. The van der Waals surface area contributed by atoms with Gasteiger partial charge >= 0.3 is 0 Å². The predicted octanol–water partition coefficient (Wildman–Crippen LogP) is 1.42. The van der Waals surface area contributed by atoms with Crippen molar-refractivity contribution in [1.82, 2.24) is 14.9 Å². The molecule has 2 atom stereocenters. The summed E-state index contributed by atoms with van der Waals surface area (Å²) in [4.78, 5) is 39.3. The summed E-state index contributed by atoms with van der Waals surface area (Å²) >= 11 is 5.98. The number of carbonyl (C=O) groups excluding carboxylic acids is 2. The van der Waals surface area contributed by atoms with Crippen molar-refractivity contribution >= 4 is 34.6 Å². The fourth-order valence-corrected chi connectivity index (χ4v) is 3.27. The van der Waals surface area contributed by atoms with Crippen molar-refractivity contribution in [2.75, 3.05) is 6.54 Å². The van der Waals surface area contributed by atoms with Crippen LogP contribution in [0.25, 0.3) is 10.9 Å². The summed E-state index contributed by atoms with van der Waals surface area (Å²) in [5, 5.41) is 4.01. The fourth-order valence-electron chi connectivity index (χ4n) is 3.10. The maximum absolute atomic E-state index is 12.8. The summed E-state index contributed by atoms with van der Waals surface area (Å²) in [7, 11) is 0. The molecule has 7 heteroatoms. The van der Waals surface area contributed by atoms with Crippen LogP contribution in [0.2, 0.25) is 5.02 Å². The Bertz CT molecular complexity index is 838. The molecule has 120 valence electrons. The largest absolute Gasteiger partial charge is 0.305 e. The van der Waals surface area contributed by atoms with Gasteiger partial charge in [0.2, 0.25) is 5.78 Å². The number of rotatable bonds is 3. The molecule has 0 bridgehead atoms. The van der Waals surface area contributed by atoms with Crippen molar-refractivity contribution in [2.45, 2.75) is 31.8 Å². The number of Topliss-reactive ketones (excluding diaryl/α,β-unsaturated/α-hetero) is 1. The van der Waals surface area contributed by atoms with E-state index in [1.165, 1.54) is 0 Å². The van der Waals surface area contributed by atoms with Crippen molar-refractivity contribution in [3.8, 4) is 0 Å². The smallest absolute Gasteiger partial charge is 0.261 e. The molecule has 1 aliphatic heterocycles. The molecule has 0 saturated carbocycles. The second kappa shape index (κ2) is 6.22. The van der Waals surface area contributed by atoms with Gasteiger partial charge in [0, 0.05) is 11.6 Å². The third-order valence-corrected chi connectivity index (χ3v) is 4.49. The molecule has 1 aliphatic rings. The summed E-state index contributed by atoms with van der Waals surface area (Å²) in [6.07, 6.45) is 1.49. The van der Waals surface area contributed by atoms with Crippen LogP contribution in [0.3, 0.4) is 0 Å². The lowest BCUT2D eigenvalue weighted by Crippen LogP contribution is -2.47. The summed E-state index contributed by atoms with van der Waals surface area (Å²) in [5.74, 6) is 0.174. The van der Waals surface area contributed by atoms with Gasteiger partial charge in [0.1, 0.15) is 5.82 Å². The van der Waals surface area contributed by atoms with E-state index >= 15 is 0 Å². The predicted molar refractivity (Wildman–Crippen MR) is 86.9 cm³/mol. The Morgan fingerprint density at radius 3 is 2.87 bits per heavy atom. The molecule has 0 radical (unpaired) electrons. The van der Waals surface area contributed by atoms with Gasteiger partial charge in [-0.25, -0.2) is 4.98 Å². The molecule has 1 saturated heterocycles. The van der Waals surface area contributed by atoms with Gasteiger partial charge in [0.05, 0.1) is 23.0 Å². The zero-order valence-electron chi connectivity index (χ0n) is 12.6. The molecule has 1 fully saturated rings.